The first-order valence-corrected chi connectivity index (χ1v) is 11.3. The molecule has 0 N–H and O–H groups in total. The Morgan fingerprint density at radius 2 is 1.93 bits per heavy atom. The molecule has 1 unspecified atom stereocenters. The van der Waals surface area contributed by atoms with E-state index in [1.54, 1.807) is 25.3 Å². The van der Waals surface area contributed by atoms with Gasteiger partial charge in [0, 0.05) is 23.2 Å². The highest BCUT2D eigenvalue weighted by Crippen LogP contribution is 2.34. The first kappa shape index (κ1) is 22.8. The summed E-state index contributed by atoms with van der Waals surface area (Å²) < 4.78 is 22.2. The lowest BCUT2D eigenvalue weighted by Gasteiger charge is -2.19. The Kier molecular flexibility index (Phi) is 6.92. The summed E-state index contributed by atoms with van der Waals surface area (Å²) in [6.07, 6.45) is 1.44. The number of pyridine rings is 2. The van der Waals surface area contributed by atoms with E-state index < -0.39 is 16.1 Å². The van der Waals surface area contributed by atoms with E-state index in [-0.39, 0.29) is 11.3 Å². The lowest BCUT2D eigenvalue weighted by Crippen LogP contribution is -2.26. The summed E-state index contributed by atoms with van der Waals surface area (Å²) in [7, 11) is 0. The molecule has 0 aliphatic heterocycles. The maximum Gasteiger partial charge on any atom is 0.144 e. The molecule has 0 aliphatic carbocycles. The second kappa shape index (κ2) is 9.10. The Morgan fingerprint density at radius 3 is 2.57 bits per heavy atom. The summed E-state index contributed by atoms with van der Waals surface area (Å²) in [5.41, 5.74) is 2.62. The van der Waals surface area contributed by atoms with Crippen LogP contribution in [0.5, 0.6) is 5.75 Å². The van der Waals surface area contributed by atoms with Crippen molar-refractivity contribution in [2.45, 2.75) is 45.5 Å². The summed E-state index contributed by atoms with van der Waals surface area (Å²) in [4.78, 5) is 8.79. The van der Waals surface area contributed by atoms with Crippen molar-refractivity contribution in [2.75, 3.05) is 0 Å². The van der Waals surface area contributed by atoms with Crippen LogP contribution >= 0.6 is 23.2 Å². The maximum absolute atomic E-state index is 12.4. The van der Waals surface area contributed by atoms with Gasteiger partial charge in [0.2, 0.25) is 0 Å². The lowest BCUT2D eigenvalue weighted by molar-refractivity contribution is 0.222. The maximum atomic E-state index is 12.4. The van der Waals surface area contributed by atoms with Crippen LogP contribution in [0.1, 0.15) is 52.0 Å². The second-order valence-corrected chi connectivity index (χ2v) is 10.5. The first-order chi connectivity index (χ1) is 14.1. The molecule has 0 saturated heterocycles. The summed E-state index contributed by atoms with van der Waals surface area (Å²) in [5, 5.41) is 1.52. The van der Waals surface area contributed by atoms with Gasteiger partial charge in [-0.3, -0.25) is 4.98 Å². The molecule has 2 aromatic heterocycles. The Balaban J connectivity index is 1.95. The highest BCUT2D eigenvalue weighted by atomic mass is 35.5. The van der Waals surface area contributed by atoms with Crippen LogP contribution in [0.25, 0.3) is 10.9 Å². The molecule has 0 fully saturated rings. The molecular formula is C22H23Cl2N3O2S. The molecule has 3 aromatic rings. The average molecular weight is 464 g/mol. The number of hydrogen-bond donors (Lipinski definition) is 0. The number of nitrogens with zero attached hydrogens (tertiary/aromatic N) is 3. The minimum atomic E-state index is -1.39. The van der Waals surface area contributed by atoms with Gasteiger partial charge in [-0.1, -0.05) is 33.7 Å². The van der Waals surface area contributed by atoms with Gasteiger partial charge in [-0.2, -0.15) is 0 Å². The van der Waals surface area contributed by atoms with E-state index in [1.165, 1.54) is 0 Å². The van der Waals surface area contributed by atoms with Gasteiger partial charge in [0.1, 0.15) is 33.1 Å². The van der Waals surface area contributed by atoms with Crippen molar-refractivity contribution in [1.82, 2.24) is 9.97 Å². The van der Waals surface area contributed by atoms with Gasteiger partial charge in [-0.25, -0.2) is 4.98 Å². The Bertz CT molecular complexity index is 1090. The van der Waals surface area contributed by atoms with Crippen molar-refractivity contribution in [3.8, 4) is 5.75 Å². The quantitative estimate of drug-likeness (QED) is 0.251. The van der Waals surface area contributed by atoms with Crippen LogP contribution in [0, 0.1) is 0 Å². The lowest BCUT2D eigenvalue weighted by atomic mass is 10.1. The largest absolute Gasteiger partial charge is 0.591 e. The zero-order valence-electron chi connectivity index (χ0n) is 17.4. The number of aromatic nitrogens is 2. The van der Waals surface area contributed by atoms with Crippen molar-refractivity contribution in [3.05, 3.63) is 64.0 Å². The third-order valence-electron chi connectivity index (χ3n) is 4.36. The molecule has 5 nitrogen and oxygen atoms in total. The predicted octanol–water partition coefficient (Wildman–Crippen LogP) is 6.35. The zero-order valence-corrected chi connectivity index (χ0v) is 19.8. The monoisotopic (exact) mass is 463 g/mol. The molecular weight excluding hydrogens is 441 g/mol. The number of rotatable bonds is 5. The second-order valence-electron chi connectivity index (χ2n) is 7.85. The predicted molar refractivity (Wildman–Crippen MR) is 125 cm³/mol. The van der Waals surface area contributed by atoms with Crippen molar-refractivity contribution < 1.29 is 9.29 Å². The smallest absolute Gasteiger partial charge is 0.144 e. The molecule has 8 heteroatoms. The molecule has 0 bridgehead atoms. The minimum absolute atomic E-state index is 0.278. The normalized spacial score (nSPS) is 14.6. The number of ether oxygens (including phenoxy) is 1. The molecule has 0 amide bonds. The molecule has 2 heterocycles. The van der Waals surface area contributed by atoms with Crippen LogP contribution in [0.2, 0.25) is 10.2 Å². The molecule has 0 aliphatic rings. The number of halogens is 2. The van der Waals surface area contributed by atoms with E-state index in [2.05, 4.69) is 14.4 Å². The molecule has 30 heavy (non-hydrogen) atoms. The zero-order chi connectivity index (χ0) is 22.1. The molecule has 0 radical (unpaired) electrons. The highest BCUT2D eigenvalue weighted by molar-refractivity contribution is 7.91. The topological polar surface area (TPSA) is 70.4 Å². The van der Waals surface area contributed by atoms with Gasteiger partial charge in [0.25, 0.3) is 0 Å². The van der Waals surface area contributed by atoms with Crippen LogP contribution in [-0.2, 0) is 11.4 Å². The minimum Gasteiger partial charge on any atom is -0.591 e. The van der Waals surface area contributed by atoms with E-state index in [4.69, 9.17) is 27.9 Å². The Morgan fingerprint density at radius 1 is 1.20 bits per heavy atom. The molecule has 1 aromatic carbocycles. The van der Waals surface area contributed by atoms with E-state index in [1.807, 2.05) is 52.0 Å². The fourth-order valence-corrected chi connectivity index (χ4v) is 3.79. The third kappa shape index (κ3) is 5.24. The van der Waals surface area contributed by atoms with Crippen LogP contribution in [0.4, 0.5) is 0 Å². The van der Waals surface area contributed by atoms with Crippen molar-refractivity contribution in [3.63, 3.8) is 0 Å². The standard InChI is InChI=1S/C22H23Cl2N3O2S/c1-13(27-30(28)22(3,4)5)16-10-15-11-17(23)20(12-19(15)26-21(16)24)29-14(2)18-8-6-7-9-25-18/h6-12,14H,1-5H3/b27-13+/t14-,30?/m1/s1. The van der Waals surface area contributed by atoms with Crippen LogP contribution in [-0.4, -0.2) is 25.0 Å². The molecule has 0 spiro atoms. The Labute approximate surface area is 189 Å². The van der Waals surface area contributed by atoms with Gasteiger partial charge in [0.15, 0.2) is 0 Å². The van der Waals surface area contributed by atoms with Crippen molar-refractivity contribution in [1.29, 1.82) is 0 Å². The van der Waals surface area contributed by atoms with E-state index in [9.17, 15) is 4.55 Å². The summed E-state index contributed by atoms with van der Waals surface area (Å²) in [5.74, 6) is 0.498. The van der Waals surface area contributed by atoms with Gasteiger partial charge in [-0.05, 0) is 58.9 Å². The van der Waals surface area contributed by atoms with E-state index >= 15 is 0 Å². The van der Waals surface area contributed by atoms with Crippen molar-refractivity contribution in [2.24, 2.45) is 4.40 Å². The van der Waals surface area contributed by atoms with E-state index in [0.717, 1.165) is 11.1 Å². The highest BCUT2D eigenvalue weighted by Gasteiger charge is 2.27. The van der Waals surface area contributed by atoms with Crippen molar-refractivity contribution >= 4 is 51.2 Å². The van der Waals surface area contributed by atoms with Crippen LogP contribution in [0.15, 0.2) is 47.0 Å². The number of benzene rings is 1. The fourth-order valence-electron chi connectivity index (χ4n) is 2.67. The average Bonchev–Trinajstić information content (AvgIpc) is 2.68. The van der Waals surface area contributed by atoms with Crippen LogP contribution in [0.3, 0.4) is 0 Å². The SMILES string of the molecule is C/C(=N\[S+]([O-])C(C)(C)C)c1cc2cc(Cl)c(O[C@H](C)c3ccccn3)cc2nc1Cl. The molecule has 2 atom stereocenters. The fraction of sp³-hybridized carbons (Fsp3) is 0.318. The van der Waals surface area contributed by atoms with Gasteiger partial charge >= 0.3 is 0 Å². The number of hydrogen-bond acceptors (Lipinski definition) is 5. The Hall–Kier alpha value is -1.86. The summed E-state index contributed by atoms with van der Waals surface area (Å²) in [6, 6.07) is 11.0. The van der Waals surface area contributed by atoms with E-state index in [0.29, 0.717) is 27.6 Å². The van der Waals surface area contributed by atoms with Gasteiger partial charge in [-0.15, -0.1) is 0 Å². The van der Waals surface area contributed by atoms with Gasteiger partial charge < -0.3 is 9.29 Å². The number of fused-ring (bicyclic) bond motifs is 1. The summed E-state index contributed by atoms with van der Waals surface area (Å²) >= 11 is 11.5. The van der Waals surface area contributed by atoms with Gasteiger partial charge in [0.05, 0.1) is 21.9 Å². The molecule has 158 valence electrons. The first-order valence-electron chi connectivity index (χ1n) is 9.41. The third-order valence-corrected chi connectivity index (χ3v) is 6.43. The molecule has 3 rings (SSSR count). The van der Waals surface area contributed by atoms with Crippen LogP contribution < -0.4 is 4.74 Å². The molecule has 0 saturated carbocycles. The summed E-state index contributed by atoms with van der Waals surface area (Å²) in [6.45, 7) is 9.28.